The summed E-state index contributed by atoms with van der Waals surface area (Å²) in [5.74, 6) is 1.22. The van der Waals surface area contributed by atoms with Crippen LogP contribution in [0.2, 0.25) is 0 Å². The van der Waals surface area contributed by atoms with Crippen molar-refractivity contribution >= 4 is 43.6 Å². The Balaban J connectivity index is 2.02. The van der Waals surface area contributed by atoms with Crippen molar-refractivity contribution in [2.24, 2.45) is 0 Å². The number of hydrogen-bond donors (Lipinski definition) is 1. The first-order valence-electron chi connectivity index (χ1n) is 6.94. The fraction of sp³-hybridized carbons (Fsp3) is 0.600. The molecule has 0 amide bonds. The van der Waals surface area contributed by atoms with Gasteiger partial charge >= 0.3 is 0 Å². The van der Waals surface area contributed by atoms with Gasteiger partial charge in [-0.3, -0.25) is 0 Å². The van der Waals surface area contributed by atoms with Crippen molar-refractivity contribution in [3.8, 4) is 0 Å². The molecule has 1 aliphatic rings. The second-order valence-corrected chi connectivity index (χ2v) is 8.37. The van der Waals surface area contributed by atoms with E-state index in [-0.39, 0.29) is 0 Å². The minimum atomic E-state index is 0.394. The van der Waals surface area contributed by atoms with Crippen LogP contribution < -0.4 is 5.32 Å². The van der Waals surface area contributed by atoms with Crippen LogP contribution >= 0.6 is 43.6 Å². The van der Waals surface area contributed by atoms with Gasteiger partial charge in [0.1, 0.15) is 0 Å². The van der Waals surface area contributed by atoms with Crippen LogP contribution in [0.3, 0.4) is 0 Å². The normalized spacial score (nSPS) is 24.6. The number of nitrogens with one attached hydrogen (secondary N) is 1. The average Bonchev–Trinajstić information content (AvgIpc) is 2.77. The van der Waals surface area contributed by atoms with Gasteiger partial charge in [-0.15, -0.1) is 0 Å². The second-order valence-electron chi connectivity index (χ2n) is 5.09. The van der Waals surface area contributed by atoms with E-state index in [1.165, 1.54) is 35.1 Å². The third kappa shape index (κ3) is 4.23. The smallest absolute Gasteiger partial charge is 0.0305 e. The van der Waals surface area contributed by atoms with Crippen molar-refractivity contribution < 1.29 is 0 Å². The Labute approximate surface area is 137 Å². The molecule has 0 spiro atoms. The number of benzene rings is 1. The topological polar surface area (TPSA) is 12.0 Å². The van der Waals surface area contributed by atoms with Crippen molar-refractivity contribution in [1.82, 2.24) is 5.32 Å². The lowest BCUT2D eigenvalue weighted by molar-refractivity contribution is 0.466. The number of halogens is 2. The van der Waals surface area contributed by atoms with Gasteiger partial charge in [-0.05, 0) is 43.2 Å². The molecule has 1 aromatic carbocycles. The van der Waals surface area contributed by atoms with Gasteiger partial charge in [-0.2, -0.15) is 11.8 Å². The van der Waals surface area contributed by atoms with E-state index >= 15 is 0 Å². The summed E-state index contributed by atoms with van der Waals surface area (Å²) in [5, 5.41) is 4.62. The predicted octanol–water partition coefficient (Wildman–Crippen LogP) is 5.54. The molecule has 0 heterocycles. The molecule has 1 nitrogen and oxygen atoms in total. The number of hydrogen-bond acceptors (Lipinski definition) is 2. The summed E-state index contributed by atoms with van der Waals surface area (Å²) in [5.41, 5.74) is 1.34. The van der Waals surface area contributed by atoms with Gasteiger partial charge in [0.2, 0.25) is 0 Å². The van der Waals surface area contributed by atoms with Gasteiger partial charge in [0.05, 0.1) is 0 Å². The van der Waals surface area contributed by atoms with Crippen molar-refractivity contribution in [3.05, 3.63) is 32.7 Å². The molecule has 1 aromatic rings. The minimum absolute atomic E-state index is 0.394. The quantitative estimate of drug-likeness (QED) is 0.689. The maximum Gasteiger partial charge on any atom is 0.0305 e. The van der Waals surface area contributed by atoms with Crippen molar-refractivity contribution in [1.29, 1.82) is 0 Å². The van der Waals surface area contributed by atoms with Gasteiger partial charge in [-0.25, -0.2) is 0 Å². The Morgan fingerprint density at radius 2 is 2.16 bits per heavy atom. The molecular formula is C15H21Br2NS. The molecule has 0 radical (unpaired) electrons. The van der Waals surface area contributed by atoms with Crippen LogP contribution in [0.15, 0.2) is 27.1 Å². The third-order valence-electron chi connectivity index (χ3n) is 3.73. The molecule has 3 unspecified atom stereocenters. The molecule has 2 rings (SSSR count). The van der Waals surface area contributed by atoms with Crippen LogP contribution in [0.4, 0.5) is 0 Å². The van der Waals surface area contributed by atoms with Crippen LogP contribution in [0.5, 0.6) is 0 Å². The number of rotatable bonds is 5. The molecule has 1 fully saturated rings. The summed E-state index contributed by atoms with van der Waals surface area (Å²) in [7, 11) is 0. The lowest BCUT2D eigenvalue weighted by atomic mass is 10.1. The lowest BCUT2D eigenvalue weighted by Gasteiger charge is -2.25. The molecule has 0 saturated heterocycles. The summed E-state index contributed by atoms with van der Waals surface area (Å²) in [4.78, 5) is 0. The molecular weight excluding hydrogens is 386 g/mol. The second kappa shape index (κ2) is 7.48. The highest BCUT2D eigenvalue weighted by Gasteiger charge is 2.28. The summed E-state index contributed by atoms with van der Waals surface area (Å²) in [6, 6.07) is 7.50. The van der Waals surface area contributed by atoms with E-state index in [9.17, 15) is 0 Å². The Morgan fingerprint density at radius 3 is 2.84 bits per heavy atom. The highest BCUT2D eigenvalue weighted by atomic mass is 79.9. The Kier molecular flexibility index (Phi) is 6.25. The highest BCUT2D eigenvalue weighted by Crippen LogP contribution is 2.33. The zero-order valence-corrected chi connectivity index (χ0v) is 15.4. The first-order valence-corrected chi connectivity index (χ1v) is 9.58. The van der Waals surface area contributed by atoms with E-state index < -0.39 is 0 Å². The van der Waals surface area contributed by atoms with E-state index in [0.29, 0.717) is 12.1 Å². The van der Waals surface area contributed by atoms with Crippen molar-refractivity contribution in [2.75, 3.05) is 5.75 Å². The molecule has 0 aliphatic heterocycles. The maximum absolute atomic E-state index is 3.82. The molecule has 1 N–H and O–H groups in total. The van der Waals surface area contributed by atoms with Crippen LogP contribution in [-0.4, -0.2) is 17.0 Å². The average molecular weight is 407 g/mol. The van der Waals surface area contributed by atoms with E-state index in [2.05, 4.69) is 81.0 Å². The van der Waals surface area contributed by atoms with E-state index in [1.807, 2.05) is 0 Å². The van der Waals surface area contributed by atoms with E-state index in [1.54, 1.807) is 0 Å². The molecule has 106 valence electrons. The Bertz CT molecular complexity index is 425. The van der Waals surface area contributed by atoms with Crippen LogP contribution in [-0.2, 0) is 0 Å². The fourth-order valence-electron chi connectivity index (χ4n) is 2.79. The SMILES string of the molecule is CCSC1CCCC1NC(C)c1ccc(Br)cc1Br. The zero-order valence-electron chi connectivity index (χ0n) is 11.5. The van der Waals surface area contributed by atoms with Gasteiger partial charge < -0.3 is 5.32 Å². The minimum Gasteiger partial charge on any atom is -0.306 e. The molecule has 1 saturated carbocycles. The monoisotopic (exact) mass is 405 g/mol. The molecule has 19 heavy (non-hydrogen) atoms. The highest BCUT2D eigenvalue weighted by molar-refractivity contribution is 9.11. The predicted molar refractivity (Wildman–Crippen MR) is 93.0 cm³/mol. The Morgan fingerprint density at radius 1 is 1.37 bits per heavy atom. The molecule has 3 atom stereocenters. The molecule has 0 bridgehead atoms. The molecule has 0 aromatic heterocycles. The van der Waals surface area contributed by atoms with Gasteiger partial charge in [-0.1, -0.05) is 51.3 Å². The lowest BCUT2D eigenvalue weighted by Crippen LogP contribution is -2.36. The summed E-state index contributed by atoms with van der Waals surface area (Å²) in [6.07, 6.45) is 4.05. The van der Waals surface area contributed by atoms with Gasteiger partial charge in [0, 0.05) is 26.3 Å². The van der Waals surface area contributed by atoms with Crippen molar-refractivity contribution in [2.45, 2.75) is 50.4 Å². The summed E-state index contributed by atoms with van der Waals surface area (Å²) in [6.45, 7) is 4.52. The van der Waals surface area contributed by atoms with Crippen molar-refractivity contribution in [3.63, 3.8) is 0 Å². The first-order chi connectivity index (χ1) is 9.11. The number of thioether (sulfide) groups is 1. The molecule has 4 heteroatoms. The Hall–Kier alpha value is 0.490. The molecule has 1 aliphatic carbocycles. The third-order valence-corrected chi connectivity index (χ3v) is 6.23. The zero-order chi connectivity index (χ0) is 13.8. The van der Waals surface area contributed by atoms with Gasteiger partial charge in [0.25, 0.3) is 0 Å². The summed E-state index contributed by atoms with van der Waals surface area (Å²) < 4.78 is 2.30. The van der Waals surface area contributed by atoms with Gasteiger partial charge in [0.15, 0.2) is 0 Å². The van der Waals surface area contributed by atoms with E-state index in [0.717, 1.165) is 9.72 Å². The van der Waals surface area contributed by atoms with Crippen LogP contribution in [0.25, 0.3) is 0 Å². The van der Waals surface area contributed by atoms with Crippen LogP contribution in [0.1, 0.15) is 44.7 Å². The largest absolute Gasteiger partial charge is 0.306 e. The standard InChI is InChI=1S/C15H21Br2NS/c1-3-19-15-6-4-5-14(15)18-10(2)12-8-7-11(16)9-13(12)17/h7-10,14-15,18H,3-6H2,1-2H3. The van der Waals surface area contributed by atoms with E-state index in [4.69, 9.17) is 0 Å². The first kappa shape index (κ1) is 15.9. The van der Waals surface area contributed by atoms with Crippen LogP contribution in [0, 0.1) is 0 Å². The fourth-order valence-corrected chi connectivity index (χ4v) is 5.39. The maximum atomic E-state index is 3.82. The summed E-state index contributed by atoms with van der Waals surface area (Å²) >= 11 is 9.29.